The summed E-state index contributed by atoms with van der Waals surface area (Å²) in [5.41, 5.74) is 3.05. The van der Waals surface area contributed by atoms with E-state index >= 15 is 0 Å². The van der Waals surface area contributed by atoms with Gasteiger partial charge in [-0.1, -0.05) is 0 Å². The zero-order chi connectivity index (χ0) is 20.3. The number of rotatable bonds is 4. The minimum atomic E-state index is -0.991. The molecule has 154 valence electrons. The van der Waals surface area contributed by atoms with E-state index < -0.39 is 5.97 Å². The number of carboxylic acids is 1. The molecular weight excluding hydrogens is 380 g/mol. The van der Waals surface area contributed by atoms with Crippen molar-refractivity contribution in [3.63, 3.8) is 0 Å². The van der Waals surface area contributed by atoms with Gasteiger partial charge in [-0.2, -0.15) is 0 Å². The normalized spacial score (nSPS) is 30.9. The number of carbonyl (C=O) groups is 1. The van der Waals surface area contributed by atoms with Gasteiger partial charge in [-0.25, -0.2) is 14.8 Å². The fourth-order valence-corrected chi connectivity index (χ4v) is 6.71. The van der Waals surface area contributed by atoms with Crippen molar-refractivity contribution in [2.24, 2.45) is 17.8 Å². The molecule has 1 aromatic carbocycles. The van der Waals surface area contributed by atoms with Gasteiger partial charge in [-0.3, -0.25) is 0 Å². The Morgan fingerprint density at radius 2 is 1.70 bits per heavy atom. The summed E-state index contributed by atoms with van der Waals surface area (Å²) < 4.78 is 11.8. The lowest BCUT2D eigenvalue weighted by molar-refractivity contribution is -0.131. The molecule has 1 aliphatic heterocycles. The van der Waals surface area contributed by atoms with E-state index in [0.717, 1.165) is 40.9 Å². The highest BCUT2D eigenvalue weighted by molar-refractivity contribution is 5.85. The average Bonchev–Trinajstić information content (AvgIpc) is 3.19. The second kappa shape index (κ2) is 6.56. The van der Waals surface area contributed by atoms with E-state index in [4.69, 9.17) is 14.6 Å². The summed E-state index contributed by atoms with van der Waals surface area (Å²) in [6.45, 7) is 0.262. The molecule has 2 aromatic rings. The molecule has 4 bridgehead atoms. The van der Waals surface area contributed by atoms with Crippen LogP contribution in [0.25, 0.3) is 17.5 Å². The Morgan fingerprint density at radius 3 is 2.33 bits per heavy atom. The second-order valence-electron chi connectivity index (χ2n) is 9.47. The number of aliphatic carboxylic acids is 1. The molecule has 0 atom stereocenters. The summed E-state index contributed by atoms with van der Waals surface area (Å²) in [7, 11) is 0. The molecule has 0 amide bonds. The lowest BCUT2D eigenvalue weighted by atomic mass is 9.48. The molecule has 2 heterocycles. The van der Waals surface area contributed by atoms with E-state index in [1.54, 1.807) is 12.4 Å². The zero-order valence-corrected chi connectivity index (χ0v) is 16.7. The molecule has 0 unspecified atom stereocenters. The van der Waals surface area contributed by atoms with Gasteiger partial charge < -0.3 is 14.6 Å². The number of hydrogen-bond donors (Lipinski definition) is 1. The van der Waals surface area contributed by atoms with E-state index in [9.17, 15) is 4.79 Å². The van der Waals surface area contributed by atoms with Gasteiger partial charge in [0.2, 0.25) is 6.79 Å². The molecule has 4 aliphatic carbocycles. The molecule has 1 aromatic heterocycles. The number of aromatic nitrogens is 2. The predicted octanol–water partition coefficient (Wildman–Crippen LogP) is 4.44. The average molecular weight is 404 g/mol. The molecule has 7 rings (SSSR count). The topological polar surface area (TPSA) is 81.5 Å². The summed E-state index contributed by atoms with van der Waals surface area (Å²) >= 11 is 0. The van der Waals surface area contributed by atoms with Crippen LogP contribution in [0.2, 0.25) is 0 Å². The maximum Gasteiger partial charge on any atom is 0.328 e. The highest BCUT2D eigenvalue weighted by Crippen LogP contribution is 2.63. The fourth-order valence-electron chi connectivity index (χ4n) is 6.71. The fraction of sp³-hybridized carbons (Fsp3) is 0.458. The Hall–Kier alpha value is -2.89. The first-order valence-corrected chi connectivity index (χ1v) is 10.8. The van der Waals surface area contributed by atoms with E-state index in [-0.39, 0.29) is 12.2 Å². The Kier molecular flexibility index (Phi) is 3.92. The van der Waals surface area contributed by atoms with Gasteiger partial charge >= 0.3 is 5.97 Å². The number of ether oxygens (including phenoxy) is 2. The molecule has 0 saturated heterocycles. The predicted molar refractivity (Wildman–Crippen MR) is 110 cm³/mol. The number of hydrogen-bond acceptors (Lipinski definition) is 5. The summed E-state index contributed by atoms with van der Waals surface area (Å²) in [5, 5.41) is 8.79. The van der Waals surface area contributed by atoms with Crippen molar-refractivity contribution >= 4 is 12.0 Å². The number of benzene rings is 1. The van der Waals surface area contributed by atoms with Gasteiger partial charge in [0.05, 0.1) is 0 Å². The van der Waals surface area contributed by atoms with Crippen molar-refractivity contribution in [2.75, 3.05) is 6.79 Å². The number of nitrogens with zero attached hydrogens (tertiary/aromatic N) is 2. The van der Waals surface area contributed by atoms with Crippen LogP contribution in [0.3, 0.4) is 0 Å². The number of fused-ring (bicyclic) bond motifs is 1. The van der Waals surface area contributed by atoms with Crippen LogP contribution in [-0.4, -0.2) is 27.8 Å². The maximum absolute atomic E-state index is 10.7. The monoisotopic (exact) mass is 404 g/mol. The minimum Gasteiger partial charge on any atom is -0.478 e. The highest BCUT2D eigenvalue weighted by atomic mass is 16.7. The molecule has 0 radical (unpaired) electrons. The van der Waals surface area contributed by atoms with Gasteiger partial charge in [0.15, 0.2) is 17.3 Å². The minimum absolute atomic E-state index is 0.187. The second-order valence-corrected chi connectivity index (χ2v) is 9.47. The van der Waals surface area contributed by atoms with Crippen LogP contribution >= 0.6 is 0 Å². The molecule has 4 fully saturated rings. The van der Waals surface area contributed by atoms with Crippen molar-refractivity contribution in [1.29, 1.82) is 0 Å². The van der Waals surface area contributed by atoms with Gasteiger partial charge in [0.25, 0.3) is 0 Å². The molecule has 6 nitrogen and oxygen atoms in total. The van der Waals surface area contributed by atoms with Crippen molar-refractivity contribution < 1.29 is 19.4 Å². The Labute approximate surface area is 175 Å². The third-order valence-corrected chi connectivity index (χ3v) is 7.43. The summed E-state index contributed by atoms with van der Waals surface area (Å²) in [5.74, 6) is 3.86. The molecular formula is C24H24N2O4. The van der Waals surface area contributed by atoms with E-state index in [1.165, 1.54) is 50.2 Å². The van der Waals surface area contributed by atoms with Gasteiger partial charge in [0.1, 0.15) is 0 Å². The highest BCUT2D eigenvalue weighted by Gasteiger charge is 2.53. The molecule has 30 heavy (non-hydrogen) atoms. The third kappa shape index (κ3) is 2.89. The summed E-state index contributed by atoms with van der Waals surface area (Å²) in [6, 6.07) is 4.19. The standard InChI is InChI=1S/C24H24N2O4/c27-21(28)2-1-14-11-25-23(26-12-14)18-6-19(22-20(7-18)29-13-30-22)24-8-15-3-16(9-24)5-17(4-15)10-24/h1-2,6-7,11-12,15-17H,3-5,8-10,13H2,(H,27,28). The molecule has 0 spiro atoms. The summed E-state index contributed by atoms with van der Waals surface area (Å²) in [4.78, 5) is 19.7. The van der Waals surface area contributed by atoms with Crippen LogP contribution in [0.15, 0.2) is 30.6 Å². The van der Waals surface area contributed by atoms with Crippen LogP contribution in [-0.2, 0) is 10.2 Å². The molecule has 1 N–H and O–H groups in total. The van der Waals surface area contributed by atoms with Crippen molar-refractivity contribution in [3.8, 4) is 22.9 Å². The Morgan fingerprint density at radius 1 is 1.03 bits per heavy atom. The molecule has 6 heteroatoms. The van der Waals surface area contributed by atoms with Crippen LogP contribution in [0, 0.1) is 17.8 Å². The lowest BCUT2D eigenvalue weighted by Gasteiger charge is -2.57. The molecule has 4 saturated carbocycles. The zero-order valence-electron chi connectivity index (χ0n) is 16.7. The van der Waals surface area contributed by atoms with Crippen LogP contribution in [0.4, 0.5) is 0 Å². The van der Waals surface area contributed by atoms with Crippen molar-refractivity contribution in [3.05, 3.63) is 41.7 Å². The summed E-state index contributed by atoms with van der Waals surface area (Å²) in [6.07, 6.45) is 13.8. The number of carboxylic acid groups (broad SMARTS) is 1. The smallest absolute Gasteiger partial charge is 0.328 e. The van der Waals surface area contributed by atoms with Crippen molar-refractivity contribution in [1.82, 2.24) is 9.97 Å². The lowest BCUT2D eigenvalue weighted by Crippen LogP contribution is -2.48. The van der Waals surface area contributed by atoms with Crippen molar-refractivity contribution in [2.45, 2.75) is 43.9 Å². The van der Waals surface area contributed by atoms with Crippen LogP contribution in [0.5, 0.6) is 11.5 Å². The quantitative estimate of drug-likeness (QED) is 0.759. The van der Waals surface area contributed by atoms with Crippen LogP contribution < -0.4 is 9.47 Å². The Bertz CT molecular complexity index is 1010. The largest absolute Gasteiger partial charge is 0.478 e. The van der Waals surface area contributed by atoms with E-state index in [0.29, 0.717) is 11.4 Å². The Balaban J connectivity index is 1.40. The molecule has 5 aliphatic rings. The first-order valence-electron chi connectivity index (χ1n) is 10.8. The first-order chi connectivity index (χ1) is 14.6. The van der Waals surface area contributed by atoms with Gasteiger partial charge in [0, 0.05) is 35.2 Å². The van der Waals surface area contributed by atoms with E-state index in [2.05, 4.69) is 16.0 Å². The SMILES string of the molecule is O=C(O)C=Cc1cnc(-c2cc3c(c(C45CC6CC(CC(C6)C4)C5)c2)OCO3)nc1. The van der Waals surface area contributed by atoms with Gasteiger partial charge in [-0.05, 0) is 79.9 Å². The van der Waals surface area contributed by atoms with E-state index in [1.807, 2.05) is 6.07 Å². The van der Waals surface area contributed by atoms with Gasteiger partial charge in [-0.15, -0.1) is 0 Å². The third-order valence-electron chi connectivity index (χ3n) is 7.43. The first kappa shape index (κ1) is 17.9. The maximum atomic E-state index is 10.7. The van der Waals surface area contributed by atoms with Crippen LogP contribution in [0.1, 0.15) is 49.7 Å².